The van der Waals surface area contributed by atoms with Gasteiger partial charge in [-0.25, -0.2) is 9.36 Å². The first-order valence-corrected chi connectivity index (χ1v) is 14.2. The van der Waals surface area contributed by atoms with Crippen molar-refractivity contribution in [3.63, 3.8) is 0 Å². The van der Waals surface area contributed by atoms with E-state index < -0.39 is 67.3 Å². The van der Waals surface area contributed by atoms with E-state index in [1.165, 1.54) is 38.1 Å². The molecule has 1 unspecified atom stereocenters. The lowest BCUT2D eigenvalue weighted by atomic mass is 9.87. The van der Waals surface area contributed by atoms with Gasteiger partial charge in [0.25, 0.3) is 5.56 Å². The number of halogens is 1. The Bertz CT molecular complexity index is 1420. The van der Waals surface area contributed by atoms with Gasteiger partial charge in [0.1, 0.15) is 24.0 Å². The summed E-state index contributed by atoms with van der Waals surface area (Å²) in [4.78, 5) is 38.6. The molecule has 1 aliphatic rings. The van der Waals surface area contributed by atoms with Crippen LogP contribution in [0.2, 0.25) is 5.02 Å². The summed E-state index contributed by atoms with van der Waals surface area (Å²) >= 11 is 5.91. The van der Waals surface area contributed by atoms with Gasteiger partial charge in [0.2, 0.25) is 5.60 Å². The highest BCUT2D eigenvalue weighted by Gasteiger charge is 2.64. The van der Waals surface area contributed by atoms with E-state index in [2.05, 4.69) is 5.09 Å². The summed E-state index contributed by atoms with van der Waals surface area (Å²) in [5, 5.41) is 25.0. The van der Waals surface area contributed by atoms with Gasteiger partial charge in [-0.1, -0.05) is 24.4 Å². The zero-order valence-corrected chi connectivity index (χ0v) is 23.8. The Morgan fingerprint density at radius 1 is 1.32 bits per heavy atom. The topological polar surface area (TPSA) is 178 Å². The Labute approximate surface area is 235 Å². The molecule has 0 bridgehead atoms. The first-order chi connectivity index (χ1) is 18.7. The molecule has 3 rings (SSSR count). The first-order valence-electron chi connectivity index (χ1n) is 12.2. The Morgan fingerprint density at radius 3 is 2.55 bits per heavy atom. The van der Waals surface area contributed by atoms with Crippen LogP contribution >= 0.6 is 19.3 Å². The predicted molar refractivity (Wildman–Crippen MR) is 144 cm³/mol. The van der Waals surface area contributed by atoms with E-state index in [9.17, 15) is 29.2 Å². The summed E-state index contributed by atoms with van der Waals surface area (Å²) in [5.74, 6) is 1.40. The summed E-state index contributed by atoms with van der Waals surface area (Å²) in [6.45, 7) is 5.45. The van der Waals surface area contributed by atoms with Crippen LogP contribution in [0.15, 0.2) is 46.1 Å². The van der Waals surface area contributed by atoms with E-state index in [0.29, 0.717) is 11.4 Å². The number of nitrogens with one attached hydrogen (secondary N) is 2. The number of H-pyrrole nitrogens is 1. The highest BCUT2D eigenvalue weighted by Crippen LogP contribution is 2.48. The largest absolute Gasteiger partial charge is 0.462 e. The minimum Gasteiger partial charge on any atom is -0.462 e. The summed E-state index contributed by atoms with van der Waals surface area (Å²) < 4.78 is 36.9. The molecular weight excluding hydrogens is 569 g/mol. The Morgan fingerprint density at radius 2 is 1.98 bits per heavy atom. The van der Waals surface area contributed by atoms with Gasteiger partial charge >= 0.3 is 19.4 Å². The third kappa shape index (κ3) is 6.50. The standard InChI is InChI=1S/C25H31ClN3O10P/c1-6-15(3)37-22(32)16(4)28-40(35,39-18-10-8-17(26)9-11-18)36-14-19-21(31)25(34,7-2)24(5,38-19)29-13-12-20(30)27-23(29)33/h2,8-13,15-16,19,21,31,34H,6,14H2,1,3-5H3,(H,28,35)(H,27,30,33)/t15-,16+,19-,21-,24-,25-,40?/m1/s1. The van der Waals surface area contributed by atoms with Gasteiger partial charge in [-0.15, -0.1) is 6.42 Å². The number of aliphatic hydroxyl groups excluding tert-OH is 1. The van der Waals surface area contributed by atoms with Crippen LogP contribution in [0.1, 0.15) is 34.1 Å². The molecule has 1 fully saturated rings. The van der Waals surface area contributed by atoms with Crippen LogP contribution in [-0.4, -0.2) is 62.3 Å². The molecule has 4 N–H and O–H groups in total. The summed E-state index contributed by atoms with van der Waals surface area (Å²) in [7, 11) is -4.41. The number of terminal acetylenes is 1. The van der Waals surface area contributed by atoms with E-state index in [4.69, 9.17) is 36.5 Å². The minimum absolute atomic E-state index is 0.0698. The minimum atomic E-state index is -4.41. The number of ether oxygens (including phenoxy) is 2. The highest BCUT2D eigenvalue weighted by molar-refractivity contribution is 7.52. The third-order valence-corrected chi connectivity index (χ3v) is 8.31. The average molecular weight is 600 g/mol. The number of aromatic amines is 1. The molecule has 1 saturated heterocycles. The van der Waals surface area contributed by atoms with Crippen LogP contribution in [0.5, 0.6) is 5.75 Å². The monoisotopic (exact) mass is 599 g/mol. The van der Waals surface area contributed by atoms with Gasteiger partial charge in [-0.3, -0.25) is 23.7 Å². The summed E-state index contributed by atoms with van der Waals surface area (Å²) in [5.41, 5.74) is -6.26. The normalized spacial score (nSPS) is 27.2. The molecule has 1 aromatic carbocycles. The van der Waals surface area contributed by atoms with Gasteiger partial charge in [0.05, 0.1) is 12.7 Å². The molecule has 2 heterocycles. The van der Waals surface area contributed by atoms with E-state index in [0.717, 1.165) is 16.8 Å². The number of aromatic nitrogens is 2. The molecule has 0 spiro atoms. The lowest BCUT2D eigenvalue weighted by molar-refractivity contribution is -0.161. The van der Waals surface area contributed by atoms with E-state index in [1.807, 2.05) is 17.8 Å². The molecule has 2 aromatic rings. The molecule has 1 aliphatic heterocycles. The molecule has 0 amide bonds. The number of esters is 1. The van der Waals surface area contributed by atoms with Crippen molar-refractivity contribution in [3.05, 3.63) is 62.4 Å². The molecule has 0 aliphatic carbocycles. The maximum atomic E-state index is 13.8. The van der Waals surface area contributed by atoms with Gasteiger partial charge in [0, 0.05) is 17.3 Å². The second-order valence-corrected chi connectivity index (χ2v) is 11.5. The van der Waals surface area contributed by atoms with Crippen molar-refractivity contribution in [1.82, 2.24) is 14.6 Å². The lowest BCUT2D eigenvalue weighted by Gasteiger charge is -2.36. The predicted octanol–water partition coefficient (Wildman–Crippen LogP) is 1.51. The first kappa shape index (κ1) is 31.6. The van der Waals surface area contributed by atoms with Crippen LogP contribution in [0.4, 0.5) is 0 Å². The number of aliphatic hydroxyl groups is 2. The highest BCUT2D eigenvalue weighted by atomic mass is 35.5. The molecular formula is C25H31ClN3O10P. The number of hydrogen-bond acceptors (Lipinski definition) is 10. The smallest absolute Gasteiger partial charge is 0.459 e. The molecule has 0 saturated carbocycles. The van der Waals surface area contributed by atoms with Crippen molar-refractivity contribution < 1.29 is 38.1 Å². The third-order valence-electron chi connectivity index (χ3n) is 6.42. The maximum Gasteiger partial charge on any atom is 0.459 e. The van der Waals surface area contributed by atoms with Crippen molar-refractivity contribution in [3.8, 4) is 18.1 Å². The van der Waals surface area contributed by atoms with Crippen molar-refractivity contribution >= 4 is 25.3 Å². The fraction of sp³-hybridized carbons (Fsp3) is 0.480. The lowest BCUT2D eigenvalue weighted by Crippen LogP contribution is -2.58. The SMILES string of the molecule is C#C[C@@]1(O)[C@H](O)[C@@H](COP(=O)(N[C@@H](C)C(=O)O[C@H](C)CC)Oc2ccc(Cl)cc2)O[C@@]1(C)n1ccc(=O)[nH]c1=O. The maximum absolute atomic E-state index is 13.8. The van der Waals surface area contributed by atoms with Crippen LogP contribution < -0.4 is 20.9 Å². The number of carbonyl (C=O) groups is 1. The van der Waals surface area contributed by atoms with Crippen molar-refractivity contribution in [2.45, 2.75) is 69.8 Å². The molecule has 15 heteroatoms. The van der Waals surface area contributed by atoms with Gasteiger partial charge in [-0.2, -0.15) is 5.09 Å². The number of carbonyl (C=O) groups excluding carboxylic acids is 1. The second kappa shape index (κ2) is 12.3. The van der Waals surface area contributed by atoms with Crippen LogP contribution in [0, 0.1) is 12.3 Å². The summed E-state index contributed by atoms with van der Waals surface area (Å²) in [6.07, 6.45) is 3.41. The van der Waals surface area contributed by atoms with Crippen LogP contribution in [-0.2, 0) is 29.1 Å². The van der Waals surface area contributed by atoms with Crippen molar-refractivity contribution in [1.29, 1.82) is 0 Å². The molecule has 40 heavy (non-hydrogen) atoms. The number of hydrogen-bond donors (Lipinski definition) is 4. The Hall–Kier alpha value is -2.95. The van der Waals surface area contributed by atoms with Crippen molar-refractivity contribution in [2.75, 3.05) is 6.61 Å². The second-order valence-electron chi connectivity index (χ2n) is 9.32. The van der Waals surface area contributed by atoms with Crippen molar-refractivity contribution in [2.24, 2.45) is 0 Å². The molecule has 13 nitrogen and oxygen atoms in total. The van der Waals surface area contributed by atoms with E-state index in [1.54, 1.807) is 6.92 Å². The quantitative estimate of drug-likeness (QED) is 0.167. The van der Waals surface area contributed by atoms with Gasteiger partial charge < -0.3 is 24.2 Å². The number of benzene rings is 1. The van der Waals surface area contributed by atoms with E-state index in [-0.39, 0.29) is 5.75 Å². The summed E-state index contributed by atoms with van der Waals surface area (Å²) in [6, 6.07) is 5.63. The van der Waals surface area contributed by atoms with Gasteiger partial charge in [-0.05, 0) is 51.5 Å². The molecule has 1 aromatic heterocycles. The molecule has 218 valence electrons. The molecule has 7 atom stereocenters. The average Bonchev–Trinajstić information content (AvgIpc) is 3.10. The Balaban J connectivity index is 1.89. The zero-order valence-electron chi connectivity index (χ0n) is 22.2. The Kier molecular flexibility index (Phi) is 9.70. The molecule has 0 radical (unpaired) electrons. The fourth-order valence-electron chi connectivity index (χ4n) is 3.90. The van der Waals surface area contributed by atoms with Gasteiger partial charge in [0.15, 0.2) is 5.72 Å². The van der Waals surface area contributed by atoms with Crippen LogP contribution in [0.3, 0.4) is 0 Å². The fourth-order valence-corrected chi connectivity index (χ4v) is 5.53. The number of nitrogens with zero attached hydrogens (tertiary/aromatic N) is 1. The van der Waals surface area contributed by atoms with Crippen LogP contribution in [0.25, 0.3) is 0 Å². The van der Waals surface area contributed by atoms with E-state index >= 15 is 0 Å². The number of rotatable bonds is 11. The zero-order chi connectivity index (χ0) is 29.9.